The topological polar surface area (TPSA) is 61.8 Å². The van der Waals surface area contributed by atoms with Gasteiger partial charge in [-0.15, -0.1) is 0 Å². The fourth-order valence-electron chi connectivity index (χ4n) is 1.55. The Morgan fingerprint density at radius 2 is 2.07 bits per heavy atom. The Hall–Kier alpha value is -0.810. The van der Waals surface area contributed by atoms with Crippen molar-refractivity contribution in [3.63, 3.8) is 0 Å². The number of nitrogens with zero attached hydrogens (tertiary/aromatic N) is 1. The van der Waals surface area contributed by atoms with Gasteiger partial charge in [0.1, 0.15) is 5.60 Å². The number of likely N-dealkylation sites (tertiary alicyclic amines) is 1. The van der Waals surface area contributed by atoms with Crippen molar-refractivity contribution in [2.45, 2.75) is 38.5 Å². The van der Waals surface area contributed by atoms with Gasteiger partial charge in [-0.1, -0.05) is 0 Å². The molecule has 1 aliphatic heterocycles. The molecule has 0 aliphatic carbocycles. The number of amides is 1. The molecule has 0 unspecified atom stereocenters. The monoisotopic (exact) mass is 216 g/mol. The number of nitrogens with one attached hydrogen (secondary N) is 1. The van der Waals surface area contributed by atoms with Gasteiger partial charge in [-0.3, -0.25) is 0 Å². The van der Waals surface area contributed by atoms with Crippen molar-refractivity contribution in [2.75, 3.05) is 20.1 Å². The lowest BCUT2D eigenvalue weighted by atomic mass is 10.2. The summed E-state index contributed by atoms with van der Waals surface area (Å²) < 4.78 is 5.21. The molecule has 0 aromatic rings. The van der Waals surface area contributed by atoms with Gasteiger partial charge in [0.2, 0.25) is 0 Å². The number of hydrogen-bond acceptors (Lipinski definition) is 4. The first kappa shape index (κ1) is 12.3. The lowest BCUT2D eigenvalue weighted by molar-refractivity contribution is 0.0270. The van der Waals surface area contributed by atoms with Crippen LogP contribution in [-0.4, -0.2) is 54.0 Å². The van der Waals surface area contributed by atoms with Crippen LogP contribution in [0.5, 0.6) is 0 Å². The predicted octanol–water partition coefficient (Wildman–Crippen LogP) is 0.186. The first-order valence-corrected chi connectivity index (χ1v) is 5.17. The van der Waals surface area contributed by atoms with Crippen molar-refractivity contribution < 1.29 is 14.6 Å². The van der Waals surface area contributed by atoms with E-state index in [9.17, 15) is 9.90 Å². The van der Waals surface area contributed by atoms with Crippen LogP contribution in [0.15, 0.2) is 0 Å². The third-order valence-corrected chi connectivity index (χ3v) is 2.31. The van der Waals surface area contributed by atoms with Crippen LogP contribution in [0.1, 0.15) is 20.8 Å². The van der Waals surface area contributed by atoms with E-state index in [-0.39, 0.29) is 12.1 Å². The van der Waals surface area contributed by atoms with E-state index in [1.165, 1.54) is 4.90 Å². The van der Waals surface area contributed by atoms with E-state index in [4.69, 9.17) is 4.74 Å². The summed E-state index contributed by atoms with van der Waals surface area (Å²) in [5.41, 5.74) is -0.486. The summed E-state index contributed by atoms with van der Waals surface area (Å²) in [5.74, 6) is 0. The molecular formula is C10H20N2O3. The molecule has 1 amide bonds. The standard InChI is InChI=1S/C10H20N2O3/c1-10(2,3)15-9(14)12-5-7(11-4)8(13)6-12/h7-8,11,13H,5-6H2,1-4H3/t7-,8-/m0/s1. The van der Waals surface area contributed by atoms with Gasteiger partial charge in [0.15, 0.2) is 0 Å². The van der Waals surface area contributed by atoms with Crippen molar-refractivity contribution in [1.29, 1.82) is 0 Å². The zero-order chi connectivity index (χ0) is 11.6. The van der Waals surface area contributed by atoms with Crippen LogP contribution in [0.25, 0.3) is 0 Å². The summed E-state index contributed by atoms with van der Waals surface area (Å²) >= 11 is 0. The van der Waals surface area contributed by atoms with Crippen LogP contribution in [0, 0.1) is 0 Å². The Morgan fingerprint density at radius 1 is 1.47 bits per heavy atom. The molecule has 15 heavy (non-hydrogen) atoms. The van der Waals surface area contributed by atoms with Crippen LogP contribution >= 0.6 is 0 Å². The highest BCUT2D eigenvalue weighted by molar-refractivity contribution is 5.68. The van der Waals surface area contributed by atoms with Crippen LogP contribution in [-0.2, 0) is 4.74 Å². The van der Waals surface area contributed by atoms with E-state index in [0.717, 1.165) is 0 Å². The lowest BCUT2D eigenvalue weighted by Gasteiger charge is -2.24. The SMILES string of the molecule is CN[C@H]1CN(C(=O)OC(C)(C)C)C[C@@H]1O. The van der Waals surface area contributed by atoms with E-state index in [0.29, 0.717) is 13.1 Å². The fraction of sp³-hybridized carbons (Fsp3) is 0.900. The van der Waals surface area contributed by atoms with Crippen molar-refractivity contribution >= 4 is 6.09 Å². The number of ether oxygens (including phenoxy) is 1. The minimum Gasteiger partial charge on any atom is -0.444 e. The minimum absolute atomic E-state index is 0.0579. The van der Waals surface area contributed by atoms with Gasteiger partial charge in [0.05, 0.1) is 18.7 Å². The molecule has 2 N–H and O–H groups in total. The maximum absolute atomic E-state index is 11.6. The van der Waals surface area contributed by atoms with Crippen molar-refractivity contribution in [2.24, 2.45) is 0 Å². The minimum atomic E-state index is -0.512. The molecule has 5 nitrogen and oxygen atoms in total. The first-order chi connectivity index (χ1) is 6.83. The van der Waals surface area contributed by atoms with Gasteiger partial charge >= 0.3 is 6.09 Å². The highest BCUT2D eigenvalue weighted by Gasteiger charge is 2.35. The fourth-order valence-corrected chi connectivity index (χ4v) is 1.55. The summed E-state index contributed by atoms with van der Waals surface area (Å²) in [6.07, 6.45) is -0.873. The van der Waals surface area contributed by atoms with Gasteiger partial charge in [-0.05, 0) is 27.8 Å². The number of aliphatic hydroxyl groups excluding tert-OH is 1. The second-order valence-corrected chi connectivity index (χ2v) is 4.85. The van der Waals surface area contributed by atoms with Crippen LogP contribution in [0.4, 0.5) is 4.79 Å². The molecule has 0 bridgehead atoms. The smallest absolute Gasteiger partial charge is 0.410 e. The summed E-state index contributed by atoms with van der Waals surface area (Å²) in [6, 6.07) is -0.0579. The Kier molecular flexibility index (Phi) is 3.57. The molecule has 1 fully saturated rings. The van der Waals surface area contributed by atoms with E-state index in [1.54, 1.807) is 7.05 Å². The quantitative estimate of drug-likeness (QED) is 0.656. The molecule has 1 heterocycles. The molecule has 1 rings (SSSR count). The highest BCUT2D eigenvalue weighted by Crippen LogP contribution is 2.15. The molecule has 0 aromatic carbocycles. The molecule has 1 aliphatic rings. The number of carbonyl (C=O) groups is 1. The van der Waals surface area contributed by atoms with Crippen LogP contribution < -0.4 is 5.32 Å². The number of carbonyl (C=O) groups excluding carboxylic acids is 1. The van der Waals surface area contributed by atoms with Gasteiger partial charge in [0, 0.05) is 6.54 Å². The second kappa shape index (κ2) is 4.37. The maximum atomic E-state index is 11.6. The number of β-amino-alcohol motifs (C(OH)–C–C–N with tert-alkyl or cyclic N) is 1. The zero-order valence-electron chi connectivity index (χ0n) is 9.78. The van der Waals surface area contributed by atoms with Gasteiger partial charge in [0.25, 0.3) is 0 Å². The number of rotatable bonds is 1. The molecule has 2 atom stereocenters. The highest BCUT2D eigenvalue weighted by atomic mass is 16.6. The largest absolute Gasteiger partial charge is 0.444 e. The predicted molar refractivity (Wildman–Crippen MR) is 56.7 cm³/mol. The lowest BCUT2D eigenvalue weighted by Crippen LogP contribution is -2.38. The van der Waals surface area contributed by atoms with Gasteiger partial charge < -0.3 is 20.1 Å². The molecule has 0 radical (unpaired) electrons. The number of likely N-dealkylation sites (N-methyl/N-ethyl adjacent to an activating group) is 1. The Balaban J connectivity index is 2.50. The third kappa shape index (κ3) is 3.35. The first-order valence-electron chi connectivity index (χ1n) is 5.17. The van der Waals surface area contributed by atoms with E-state index >= 15 is 0 Å². The Bertz CT molecular complexity index is 237. The van der Waals surface area contributed by atoms with Gasteiger partial charge in [-0.25, -0.2) is 4.79 Å². The average molecular weight is 216 g/mol. The summed E-state index contributed by atoms with van der Waals surface area (Å²) in [7, 11) is 1.77. The van der Waals surface area contributed by atoms with Crippen LogP contribution in [0.2, 0.25) is 0 Å². The zero-order valence-corrected chi connectivity index (χ0v) is 9.78. The molecule has 0 saturated carbocycles. The van der Waals surface area contributed by atoms with E-state index in [1.807, 2.05) is 20.8 Å². The Labute approximate surface area is 90.4 Å². The molecular weight excluding hydrogens is 196 g/mol. The number of aliphatic hydroxyl groups is 1. The van der Waals surface area contributed by atoms with Crippen LogP contribution in [0.3, 0.4) is 0 Å². The average Bonchev–Trinajstić information content (AvgIpc) is 2.43. The van der Waals surface area contributed by atoms with Gasteiger partial charge in [-0.2, -0.15) is 0 Å². The van der Waals surface area contributed by atoms with Crippen molar-refractivity contribution in [1.82, 2.24) is 10.2 Å². The molecule has 0 aromatic heterocycles. The van der Waals surface area contributed by atoms with E-state index in [2.05, 4.69) is 5.32 Å². The summed E-state index contributed by atoms with van der Waals surface area (Å²) in [5, 5.41) is 12.6. The third-order valence-electron chi connectivity index (χ3n) is 2.31. The number of hydrogen-bond donors (Lipinski definition) is 2. The van der Waals surface area contributed by atoms with Crippen molar-refractivity contribution in [3.8, 4) is 0 Å². The molecule has 0 spiro atoms. The summed E-state index contributed by atoms with van der Waals surface area (Å²) in [6.45, 7) is 6.31. The normalized spacial score (nSPS) is 26.9. The maximum Gasteiger partial charge on any atom is 0.410 e. The Morgan fingerprint density at radius 3 is 2.47 bits per heavy atom. The second-order valence-electron chi connectivity index (χ2n) is 4.85. The van der Waals surface area contributed by atoms with Crippen molar-refractivity contribution in [3.05, 3.63) is 0 Å². The van der Waals surface area contributed by atoms with E-state index < -0.39 is 11.7 Å². The molecule has 88 valence electrons. The molecule has 5 heteroatoms. The molecule has 1 saturated heterocycles. The summed E-state index contributed by atoms with van der Waals surface area (Å²) in [4.78, 5) is 13.2.